The maximum absolute atomic E-state index is 14.8. The number of hydrogen-bond acceptors (Lipinski definition) is 8. The van der Waals surface area contributed by atoms with Crippen molar-refractivity contribution in [3.63, 3.8) is 0 Å². The minimum absolute atomic E-state index is 0.000550. The molecular formula is C38H55N7O6. The van der Waals surface area contributed by atoms with Crippen molar-refractivity contribution < 1.29 is 28.8 Å². The Morgan fingerprint density at radius 2 is 1.69 bits per heavy atom. The van der Waals surface area contributed by atoms with Gasteiger partial charge in [-0.1, -0.05) is 72.5 Å². The number of nitrogens with zero attached hydrogens (tertiary/aromatic N) is 3. The number of rotatable bonds is 13. The number of aromatic nitrogens is 2. The zero-order valence-corrected chi connectivity index (χ0v) is 30.7. The Hall–Kier alpha value is -4.16. The number of likely N-dealkylation sites (tertiary alicyclic amines) is 1. The summed E-state index contributed by atoms with van der Waals surface area (Å²) in [6, 6.07) is -3.85. The van der Waals surface area contributed by atoms with Crippen LogP contribution < -0.4 is 21.3 Å². The number of ketones is 1. The van der Waals surface area contributed by atoms with Crippen molar-refractivity contribution in [1.82, 2.24) is 36.1 Å². The number of hydrogen-bond donors (Lipinski definition) is 4. The first-order chi connectivity index (χ1) is 24.3. The van der Waals surface area contributed by atoms with E-state index in [1.54, 1.807) is 4.90 Å². The van der Waals surface area contributed by atoms with Gasteiger partial charge in [-0.15, -0.1) is 0 Å². The van der Waals surface area contributed by atoms with Crippen molar-refractivity contribution >= 4 is 35.3 Å². The molecule has 4 aliphatic rings. The van der Waals surface area contributed by atoms with E-state index in [4.69, 9.17) is 0 Å². The Morgan fingerprint density at radius 3 is 2.31 bits per heavy atom. The van der Waals surface area contributed by atoms with E-state index in [2.05, 4.69) is 43.4 Å². The lowest BCUT2D eigenvalue weighted by molar-refractivity contribution is -0.146. The molecule has 1 saturated heterocycles. The number of allylic oxidation sites excluding steroid dienone is 2. The molecule has 4 N–H and O–H groups in total. The van der Waals surface area contributed by atoms with Crippen LogP contribution in [0.25, 0.3) is 0 Å². The van der Waals surface area contributed by atoms with Gasteiger partial charge in [0.25, 0.3) is 11.8 Å². The predicted molar refractivity (Wildman–Crippen MR) is 190 cm³/mol. The van der Waals surface area contributed by atoms with Gasteiger partial charge in [0.1, 0.15) is 23.8 Å². The van der Waals surface area contributed by atoms with Crippen molar-refractivity contribution in [3.8, 4) is 0 Å². The summed E-state index contributed by atoms with van der Waals surface area (Å²) in [6.45, 7) is 9.80. The van der Waals surface area contributed by atoms with Crippen molar-refractivity contribution in [2.75, 3.05) is 6.54 Å². The maximum atomic E-state index is 14.8. The average molecular weight is 706 g/mol. The van der Waals surface area contributed by atoms with Crippen LogP contribution in [0.3, 0.4) is 0 Å². The molecule has 0 bridgehead atoms. The highest BCUT2D eigenvalue weighted by molar-refractivity contribution is 6.38. The fourth-order valence-electron chi connectivity index (χ4n) is 8.04. The van der Waals surface area contributed by atoms with E-state index in [1.165, 1.54) is 18.6 Å². The predicted octanol–water partition coefficient (Wildman–Crippen LogP) is 2.86. The van der Waals surface area contributed by atoms with Gasteiger partial charge in [0.05, 0.1) is 12.2 Å². The topological polar surface area (TPSA) is 180 Å². The van der Waals surface area contributed by atoms with Crippen LogP contribution in [0.2, 0.25) is 0 Å². The van der Waals surface area contributed by atoms with E-state index < -0.39 is 64.9 Å². The monoisotopic (exact) mass is 705 g/mol. The quantitative estimate of drug-likeness (QED) is 0.179. The summed E-state index contributed by atoms with van der Waals surface area (Å²) in [5.74, 6) is -3.59. The molecule has 0 unspecified atom stereocenters. The molecule has 0 spiro atoms. The van der Waals surface area contributed by atoms with Gasteiger partial charge in [0.2, 0.25) is 23.5 Å². The van der Waals surface area contributed by atoms with Crippen LogP contribution >= 0.6 is 0 Å². The molecule has 5 rings (SSSR count). The van der Waals surface area contributed by atoms with Gasteiger partial charge < -0.3 is 26.2 Å². The molecule has 3 aliphatic carbocycles. The molecule has 2 heterocycles. The molecule has 1 aromatic rings. The van der Waals surface area contributed by atoms with E-state index in [1.807, 2.05) is 34.6 Å². The highest BCUT2D eigenvalue weighted by atomic mass is 16.2. The molecule has 2 saturated carbocycles. The van der Waals surface area contributed by atoms with Crippen LogP contribution in [0.1, 0.15) is 109 Å². The summed E-state index contributed by atoms with van der Waals surface area (Å²) >= 11 is 0. The van der Waals surface area contributed by atoms with E-state index in [0.29, 0.717) is 19.4 Å². The molecule has 13 nitrogen and oxygen atoms in total. The summed E-state index contributed by atoms with van der Waals surface area (Å²) in [5.41, 5.74) is -0.672. The van der Waals surface area contributed by atoms with Crippen molar-refractivity contribution in [2.45, 2.75) is 129 Å². The zero-order chi connectivity index (χ0) is 36.9. The highest BCUT2D eigenvalue weighted by Gasteiger charge is 2.53. The smallest absolute Gasteiger partial charge is 0.289 e. The Labute approximate surface area is 300 Å². The fourth-order valence-corrected chi connectivity index (χ4v) is 8.04. The number of Topliss-reactive ketones (excluding diaryl/α,β-unsaturated/α-hetero) is 1. The van der Waals surface area contributed by atoms with Crippen molar-refractivity contribution in [2.24, 2.45) is 29.1 Å². The first-order valence-electron chi connectivity index (χ1n) is 18.8. The summed E-state index contributed by atoms with van der Waals surface area (Å²) < 4.78 is 0. The maximum Gasteiger partial charge on any atom is 0.289 e. The van der Waals surface area contributed by atoms with Crippen LogP contribution in [0.4, 0.5) is 0 Å². The first-order valence-corrected chi connectivity index (χ1v) is 18.8. The summed E-state index contributed by atoms with van der Waals surface area (Å²) in [7, 11) is 0. The standard InChI is InChI=1S/C38H55N7O6/c1-6-11-26(31(46)36(50)41-25-16-17-25)42-35(49)30-28-22(2)12-10-15-24(28)21-45(30)37(51)32(38(3,4)5)44-34(48)29(23-13-8-7-9-14-23)43-33(47)27-20-39-18-19-40-27/h10,12,18-20,22-26,28-30,32H,6-9,11,13-17,21H2,1-5H3,(H,41,50)(H,42,49)(H,43,47)(H,44,48)/t22-,24+,26+,28+,29+,30+,32-/m1/s1. The summed E-state index contributed by atoms with van der Waals surface area (Å²) in [5, 5.41) is 11.5. The third-order valence-corrected chi connectivity index (χ3v) is 10.9. The fraction of sp³-hybridized carbons (Fsp3) is 0.684. The van der Waals surface area contributed by atoms with Crippen molar-refractivity contribution in [3.05, 3.63) is 36.4 Å². The second-order valence-electron chi connectivity index (χ2n) is 16.0. The molecule has 5 amide bonds. The number of amides is 5. The lowest BCUT2D eigenvalue weighted by atomic mass is 9.75. The lowest BCUT2D eigenvalue weighted by Gasteiger charge is -2.38. The van der Waals surface area contributed by atoms with E-state index in [0.717, 1.165) is 44.9 Å². The van der Waals surface area contributed by atoms with E-state index >= 15 is 0 Å². The molecule has 13 heteroatoms. The number of fused-ring (bicyclic) bond motifs is 1. The SMILES string of the molecule is CCC[C@H](NC(=O)[C@@H]1[C@@H]2[C@@H](CC=C[C@H]2C)CN1C(=O)[C@@H](NC(=O)[C@@H](NC(=O)c1cnccn1)C1CCCCC1)C(C)(C)C)C(=O)C(=O)NC1CC1. The number of carbonyl (C=O) groups excluding carboxylic acids is 6. The number of carbonyl (C=O) groups is 6. The molecule has 1 aromatic heterocycles. The van der Waals surface area contributed by atoms with Gasteiger partial charge >= 0.3 is 0 Å². The Bertz CT molecular complexity index is 1480. The third-order valence-electron chi connectivity index (χ3n) is 10.9. The average Bonchev–Trinajstić information content (AvgIpc) is 3.84. The molecule has 1 aliphatic heterocycles. The normalized spacial score (nSPS) is 25.2. The second-order valence-corrected chi connectivity index (χ2v) is 16.0. The molecule has 0 radical (unpaired) electrons. The zero-order valence-electron chi connectivity index (χ0n) is 30.7. The Morgan fingerprint density at radius 1 is 0.961 bits per heavy atom. The van der Waals surface area contributed by atoms with Gasteiger partial charge in [0.15, 0.2) is 0 Å². The Kier molecular flexibility index (Phi) is 12.3. The van der Waals surface area contributed by atoms with Gasteiger partial charge in [-0.25, -0.2) is 4.98 Å². The largest absolute Gasteiger partial charge is 0.347 e. The second kappa shape index (κ2) is 16.5. The van der Waals surface area contributed by atoms with Crippen LogP contribution in [0, 0.1) is 29.1 Å². The first kappa shape index (κ1) is 38.1. The molecule has 278 valence electrons. The molecule has 3 fully saturated rings. The van der Waals surface area contributed by atoms with Gasteiger partial charge in [-0.05, 0) is 67.6 Å². The third kappa shape index (κ3) is 9.20. The van der Waals surface area contributed by atoms with Gasteiger partial charge in [0, 0.05) is 25.0 Å². The molecule has 51 heavy (non-hydrogen) atoms. The van der Waals surface area contributed by atoms with Crippen LogP contribution in [-0.2, 0) is 24.0 Å². The number of nitrogens with one attached hydrogen (secondary N) is 4. The highest BCUT2D eigenvalue weighted by Crippen LogP contribution is 2.42. The minimum atomic E-state index is -1.03. The van der Waals surface area contributed by atoms with E-state index in [-0.39, 0.29) is 41.8 Å². The molecular weight excluding hydrogens is 650 g/mol. The van der Waals surface area contributed by atoms with E-state index in [9.17, 15) is 28.8 Å². The van der Waals surface area contributed by atoms with Crippen molar-refractivity contribution in [1.29, 1.82) is 0 Å². The summed E-state index contributed by atoms with van der Waals surface area (Å²) in [6.07, 6.45) is 16.0. The molecule has 7 atom stereocenters. The molecule has 0 aromatic carbocycles. The minimum Gasteiger partial charge on any atom is -0.347 e. The van der Waals surface area contributed by atoms with Crippen LogP contribution in [0.15, 0.2) is 30.7 Å². The Balaban J connectivity index is 1.40. The van der Waals surface area contributed by atoms with Gasteiger partial charge in [-0.2, -0.15) is 0 Å². The van der Waals surface area contributed by atoms with Crippen LogP contribution in [-0.4, -0.2) is 86.9 Å². The lowest BCUT2D eigenvalue weighted by Crippen LogP contribution is -2.62. The van der Waals surface area contributed by atoms with Crippen LogP contribution in [0.5, 0.6) is 0 Å². The summed E-state index contributed by atoms with van der Waals surface area (Å²) in [4.78, 5) is 92.2. The van der Waals surface area contributed by atoms with Gasteiger partial charge in [-0.3, -0.25) is 33.8 Å².